The van der Waals surface area contributed by atoms with E-state index in [4.69, 9.17) is 4.74 Å². The molecule has 1 aromatic rings. The molecule has 1 fully saturated rings. The lowest BCUT2D eigenvalue weighted by molar-refractivity contribution is 0.383. The molecule has 1 aromatic carbocycles. The lowest BCUT2D eigenvalue weighted by Gasteiger charge is -2.24. The molecular formula is C16H24Br2N2O. The Labute approximate surface area is 144 Å². The Morgan fingerprint density at radius 2 is 2.00 bits per heavy atom. The summed E-state index contributed by atoms with van der Waals surface area (Å²) in [5.74, 6) is 1.58. The largest absolute Gasteiger partial charge is 0.495 e. The Bertz CT molecular complexity index is 500. The molecule has 3 nitrogen and oxygen atoms in total. The molecule has 5 heteroatoms. The van der Waals surface area contributed by atoms with E-state index in [2.05, 4.69) is 75.0 Å². The van der Waals surface area contributed by atoms with Crippen LogP contribution in [0.2, 0.25) is 0 Å². The van der Waals surface area contributed by atoms with E-state index in [9.17, 15) is 0 Å². The summed E-state index contributed by atoms with van der Waals surface area (Å²) in [5, 5.41) is 3.61. The molecular weight excluding hydrogens is 396 g/mol. The Morgan fingerprint density at radius 1 is 1.29 bits per heavy atom. The molecule has 0 saturated carbocycles. The highest BCUT2D eigenvalue weighted by atomic mass is 79.9. The van der Waals surface area contributed by atoms with Gasteiger partial charge in [0.1, 0.15) is 5.75 Å². The molecule has 118 valence electrons. The van der Waals surface area contributed by atoms with Gasteiger partial charge in [0.15, 0.2) is 0 Å². The highest BCUT2D eigenvalue weighted by Gasteiger charge is 2.25. The van der Waals surface area contributed by atoms with Crippen LogP contribution in [0.1, 0.15) is 27.2 Å². The van der Waals surface area contributed by atoms with Crippen molar-refractivity contribution in [3.05, 3.63) is 21.1 Å². The maximum Gasteiger partial charge on any atom is 0.135 e. The summed E-state index contributed by atoms with van der Waals surface area (Å²) < 4.78 is 7.50. The third kappa shape index (κ3) is 4.60. The smallest absolute Gasteiger partial charge is 0.135 e. The predicted octanol–water partition coefficient (Wildman–Crippen LogP) is 4.43. The fourth-order valence-corrected chi connectivity index (χ4v) is 3.99. The van der Waals surface area contributed by atoms with Crippen molar-refractivity contribution in [2.75, 3.05) is 31.6 Å². The van der Waals surface area contributed by atoms with E-state index < -0.39 is 0 Å². The number of hydrogen-bond donors (Lipinski definition) is 1. The van der Waals surface area contributed by atoms with E-state index in [0.717, 1.165) is 34.3 Å². The highest BCUT2D eigenvalue weighted by Crippen LogP contribution is 2.38. The van der Waals surface area contributed by atoms with Crippen LogP contribution in [0.5, 0.6) is 5.75 Å². The fourth-order valence-electron chi connectivity index (χ4n) is 2.59. The zero-order valence-electron chi connectivity index (χ0n) is 13.2. The molecule has 21 heavy (non-hydrogen) atoms. The van der Waals surface area contributed by atoms with Gasteiger partial charge in [-0.1, -0.05) is 0 Å². The standard InChI is InChI=1S/C16H24Br2N2O/c1-16(2,3)19-9-11-5-6-20(10-11)14-8-15(21-4)13(18)7-12(14)17/h7-8,11,19H,5-6,9-10H2,1-4H3. The molecule has 1 aliphatic rings. The fraction of sp³-hybridized carbons (Fsp3) is 0.625. The number of rotatable bonds is 4. The van der Waals surface area contributed by atoms with Crippen LogP contribution in [0.4, 0.5) is 5.69 Å². The molecule has 1 N–H and O–H groups in total. The van der Waals surface area contributed by atoms with Crippen molar-refractivity contribution >= 4 is 37.5 Å². The molecule has 1 unspecified atom stereocenters. The molecule has 1 aliphatic heterocycles. The molecule has 1 saturated heterocycles. The number of ether oxygens (including phenoxy) is 1. The van der Waals surface area contributed by atoms with Gasteiger partial charge in [0.25, 0.3) is 0 Å². The molecule has 0 aromatic heterocycles. The Balaban J connectivity index is 2.04. The lowest BCUT2D eigenvalue weighted by atomic mass is 10.1. The average Bonchev–Trinajstić information content (AvgIpc) is 2.84. The SMILES string of the molecule is COc1cc(N2CCC(CNC(C)(C)C)C2)c(Br)cc1Br. The molecule has 1 heterocycles. The van der Waals surface area contributed by atoms with Gasteiger partial charge in [-0.25, -0.2) is 0 Å². The summed E-state index contributed by atoms with van der Waals surface area (Å²) in [6.07, 6.45) is 1.23. The van der Waals surface area contributed by atoms with Crippen molar-refractivity contribution in [2.45, 2.75) is 32.7 Å². The Kier molecular flexibility index (Phi) is 5.60. The maximum absolute atomic E-state index is 5.41. The van der Waals surface area contributed by atoms with Gasteiger partial charge in [-0.05, 0) is 71.0 Å². The molecule has 0 amide bonds. The summed E-state index contributed by atoms with van der Waals surface area (Å²) in [7, 11) is 1.71. The number of hydrogen-bond acceptors (Lipinski definition) is 3. The molecule has 1 atom stereocenters. The van der Waals surface area contributed by atoms with Gasteiger partial charge >= 0.3 is 0 Å². The summed E-state index contributed by atoms with van der Waals surface area (Å²) in [4.78, 5) is 2.44. The predicted molar refractivity (Wildman–Crippen MR) is 96.5 cm³/mol. The molecule has 2 rings (SSSR count). The molecule has 0 spiro atoms. The van der Waals surface area contributed by atoms with Crippen molar-refractivity contribution in [1.29, 1.82) is 0 Å². The second kappa shape index (κ2) is 6.88. The van der Waals surface area contributed by atoms with E-state index >= 15 is 0 Å². The van der Waals surface area contributed by atoms with Gasteiger partial charge in [-0.3, -0.25) is 0 Å². The third-order valence-electron chi connectivity index (χ3n) is 3.77. The van der Waals surface area contributed by atoms with Crippen LogP contribution in [-0.4, -0.2) is 32.3 Å². The Hall–Kier alpha value is -0.260. The van der Waals surface area contributed by atoms with Gasteiger partial charge in [0.05, 0.1) is 17.3 Å². The molecule has 0 bridgehead atoms. The summed E-state index contributed by atoms with van der Waals surface area (Å²) in [6.45, 7) is 9.92. The Morgan fingerprint density at radius 3 is 2.62 bits per heavy atom. The summed E-state index contributed by atoms with van der Waals surface area (Å²) in [6, 6.07) is 4.17. The van der Waals surface area contributed by atoms with Crippen molar-refractivity contribution in [3.63, 3.8) is 0 Å². The topological polar surface area (TPSA) is 24.5 Å². The van der Waals surface area contributed by atoms with Gasteiger partial charge in [0, 0.05) is 35.7 Å². The molecule has 0 aliphatic carbocycles. The van der Waals surface area contributed by atoms with E-state index in [1.54, 1.807) is 7.11 Å². The maximum atomic E-state index is 5.41. The van der Waals surface area contributed by atoms with Crippen molar-refractivity contribution < 1.29 is 4.74 Å². The van der Waals surface area contributed by atoms with Crippen LogP contribution < -0.4 is 15.0 Å². The first kappa shape index (κ1) is 17.1. The first-order valence-corrected chi connectivity index (χ1v) is 8.92. The second-order valence-corrected chi connectivity index (χ2v) is 8.38. The van der Waals surface area contributed by atoms with Crippen molar-refractivity contribution in [1.82, 2.24) is 5.32 Å². The third-order valence-corrected chi connectivity index (χ3v) is 5.02. The van der Waals surface area contributed by atoms with Crippen LogP contribution in [0.25, 0.3) is 0 Å². The van der Waals surface area contributed by atoms with Gasteiger partial charge in [-0.2, -0.15) is 0 Å². The minimum atomic E-state index is 0.189. The minimum absolute atomic E-state index is 0.189. The van der Waals surface area contributed by atoms with Crippen LogP contribution in [0.15, 0.2) is 21.1 Å². The average molecular weight is 420 g/mol. The zero-order chi connectivity index (χ0) is 15.6. The first-order valence-electron chi connectivity index (χ1n) is 7.33. The van der Waals surface area contributed by atoms with Crippen LogP contribution in [0.3, 0.4) is 0 Å². The van der Waals surface area contributed by atoms with Crippen molar-refractivity contribution in [3.8, 4) is 5.75 Å². The minimum Gasteiger partial charge on any atom is -0.495 e. The van der Waals surface area contributed by atoms with Gasteiger partial charge in [0.2, 0.25) is 0 Å². The van der Waals surface area contributed by atoms with Gasteiger partial charge < -0.3 is 15.0 Å². The lowest BCUT2D eigenvalue weighted by Crippen LogP contribution is -2.39. The van der Waals surface area contributed by atoms with Crippen LogP contribution in [0, 0.1) is 5.92 Å². The van der Waals surface area contributed by atoms with Crippen molar-refractivity contribution in [2.24, 2.45) is 5.92 Å². The van der Waals surface area contributed by atoms with Crippen LogP contribution in [-0.2, 0) is 0 Å². The summed E-state index contributed by atoms with van der Waals surface area (Å²) >= 11 is 7.19. The number of benzene rings is 1. The second-order valence-electron chi connectivity index (χ2n) is 6.67. The molecule has 0 radical (unpaired) electrons. The van der Waals surface area contributed by atoms with E-state index in [1.807, 2.05) is 0 Å². The van der Waals surface area contributed by atoms with Gasteiger partial charge in [-0.15, -0.1) is 0 Å². The van der Waals surface area contributed by atoms with E-state index in [1.165, 1.54) is 12.1 Å². The monoisotopic (exact) mass is 418 g/mol. The number of nitrogens with zero attached hydrogens (tertiary/aromatic N) is 1. The first-order chi connectivity index (χ1) is 9.80. The zero-order valence-corrected chi connectivity index (χ0v) is 16.3. The highest BCUT2D eigenvalue weighted by molar-refractivity contribution is 9.11. The van der Waals surface area contributed by atoms with E-state index in [-0.39, 0.29) is 5.54 Å². The number of methoxy groups -OCH3 is 1. The number of anilines is 1. The number of nitrogens with one attached hydrogen (secondary N) is 1. The summed E-state index contributed by atoms with van der Waals surface area (Å²) in [5.41, 5.74) is 1.41. The quantitative estimate of drug-likeness (QED) is 0.780. The number of halogens is 2. The van der Waals surface area contributed by atoms with Crippen LogP contribution >= 0.6 is 31.9 Å². The van der Waals surface area contributed by atoms with E-state index in [0.29, 0.717) is 5.92 Å². The normalized spacial score (nSPS) is 19.1.